The lowest BCUT2D eigenvalue weighted by Crippen LogP contribution is -2.53. The molecule has 2 atom stereocenters. The highest BCUT2D eigenvalue weighted by Crippen LogP contribution is 2.25. The van der Waals surface area contributed by atoms with Crippen molar-refractivity contribution < 1.29 is 0 Å². The minimum absolute atomic E-state index is 0.696. The van der Waals surface area contributed by atoms with Gasteiger partial charge >= 0.3 is 0 Å². The Morgan fingerprint density at radius 1 is 1.30 bits per heavy atom. The second-order valence-electron chi connectivity index (χ2n) is 6.58. The van der Waals surface area contributed by atoms with Gasteiger partial charge in [0.05, 0.1) is 0 Å². The number of rotatable bonds is 4. The van der Waals surface area contributed by atoms with E-state index in [1.807, 2.05) is 0 Å². The Balaban J connectivity index is 1.71. The molecule has 0 amide bonds. The highest BCUT2D eigenvalue weighted by molar-refractivity contribution is 5.35. The molecule has 1 fully saturated rings. The Kier molecular flexibility index (Phi) is 4.42. The highest BCUT2D eigenvalue weighted by atomic mass is 15.2. The van der Waals surface area contributed by atoms with Crippen LogP contribution in [-0.2, 0) is 19.4 Å². The summed E-state index contributed by atoms with van der Waals surface area (Å²) in [5.74, 6) is 0.775. The van der Waals surface area contributed by atoms with Gasteiger partial charge in [0.1, 0.15) is 0 Å². The minimum atomic E-state index is 0.696. The first-order chi connectivity index (χ1) is 9.78. The molecular formula is C18H28N2. The fraction of sp³-hybridized carbons (Fsp3) is 0.667. The molecule has 110 valence electrons. The number of nitrogens with zero attached hydrogens (tertiary/aromatic N) is 1. The third-order valence-electron chi connectivity index (χ3n) is 5.25. The molecule has 1 aliphatic carbocycles. The van der Waals surface area contributed by atoms with Crippen LogP contribution in [0.25, 0.3) is 0 Å². The molecule has 0 saturated carbocycles. The first-order valence-corrected chi connectivity index (χ1v) is 8.33. The van der Waals surface area contributed by atoms with Crippen molar-refractivity contribution in [2.24, 2.45) is 5.92 Å². The van der Waals surface area contributed by atoms with E-state index >= 15 is 0 Å². The van der Waals surface area contributed by atoms with Crippen LogP contribution >= 0.6 is 0 Å². The Morgan fingerprint density at radius 2 is 2.15 bits per heavy atom. The van der Waals surface area contributed by atoms with Crippen LogP contribution in [0.3, 0.4) is 0 Å². The van der Waals surface area contributed by atoms with Gasteiger partial charge < -0.3 is 5.32 Å². The summed E-state index contributed by atoms with van der Waals surface area (Å²) in [5, 5.41) is 3.57. The van der Waals surface area contributed by atoms with E-state index in [9.17, 15) is 0 Å². The molecule has 0 bridgehead atoms. The molecule has 2 unspecified atom stereocenters. The fourth-order valence-corrected chi connectivity index (χ4v) is 3.76. The largest absolute Gasteiger partial charge is 0.314 e. The van der Waals surface area contributed by atoms with E-state index in [2.05, 4.69) is 42.3 Å². The summed E-state index contributed by atoms with van der Waals surface area (Å²) in [4.78, 5) is 2.70. The molecular weight excluding hydrogens is 244 g/mol. The summed E-state index contributed by atoms with van der Waals surface area (Å²) in [6, 6.07) is 7.90. The van der Waals surface area contributed by atoms with Crippen LogP contribution in [0.5, 0.6) is 0 Å². The van der Waals surface area contributed by atoms with Gasteiger partial charge in [-0.15, -0.1) is 0 Å². The molecule has 1 saturated heterocycles. The van der Waals surface area contributed by atoms with Gasteiger partial charge in [-0.2, -0.15) is 0 Å². The maximum Gasteiger partial charge on any atom is 0.0250 e. The Morgan fingerprint density at radius 3 is 3.00 bits per heavy atom. The molecule has 3 rings (SSSR count). The van der Waals surface area contributed by atoms with Gasteiger partial charge in [0.15, 0.2) is 0 Å². The minimum Gasteiger partial charge on any atom is -0.314 e. The number of benzene rings is 1. The van der Waals surface area contributed by atoms with Gasteiger partial charge in [0, 0.05) is 32.2 Å². The monoisotopic (exact) mass is 272 g/mol. The van der Waals surface area contributed by atoms with E-state index in [4.69, 9.17) is 0 Å². The van der Waals surface area contributed by atoms with Crippen molar-refractivity contribution in [3.63, 3.8) is 0 Å². The molecule has 1 aliphatic heterocycles. The number of aryl methyl sites for hydroxylation is 2. The van der Waals surface area contributed by atoms with Crippen molar-refractivity contribution in [2.75, 3.05) is 19.6 Å². The molecule has 0 radical (unpaired) electrons. The first-order valence-electron chi connectivity index (χ1n) is 8.33. The topological polar surface area (TPSA) is 15.3 Å². The van der Waals surface area contributed by atoms with E-state index in [0.717, 1.165) is 25.6 Å². The lowest BCUT2D eigenvalue weighted by atomic mass is 9.95. The van der Waals surface area contributed by atoms with Gasteiger partial charge in [-0.1, -0.05) is 38.5 Å². The SMILES string of the molecule is CCC(C)C1CNCCN1Cc1ccc2c(c1)CCC2. The van der Waals surface area contributed by atoms with Crippen LogP contribution in [-0.4, -0.2) is 30.6 Å². The molecule has 1 aromatic rings. The molecule has 2 aliphatic rings. The second kappa shape index (κ2) is 6.28. The summed E-state index contributed by atoms with van der Waals surface area (Å²) < 4.78 is 0. The third kappa shape index (κ3) is 2.91. The fourth-order valence-electron chi connectivity index (χ4n) is 3.76. The summed E-state index contributed by atoms with van der Waals surface area (Å²) in [5.41, 5.74) is 4.71. The van der Waals surface area contributed by atoms with Gasteiger partial charge in [0.2, 0.25) is 0 Å². The summed E-state index contributed by atoms with van der Waals surface area (Å²) in [7, 11) is 0. The van der Waals surface area contributed by atoms with E-state index in [0.29, 0.717) is 6.04 Å². The number of fused-ring (bicyclic) bond motifs is 1. The Labute approximate surface area is 123 Å². The predicted octanol–water partition coefficient (Wildman–Crippen LogP) is 3.00. The van der Waals surface area contributed by atoms with Crippen LogP contribution in [0.1, 0.15) is 43.4 Å². The van der Waals surface area contributed by atoms with Crippen LogP contribution in [0, 0.1) is 5.92 Å². The maximum atomic E-state index is 3.57. The van der Waals surface area contributed by atoms with Crippen molar-refractivity contribution in [3.8, 4) is 0 Å². The molecule has 1 aromatic carbocycles. The lowest BCUT2D eigenvalue weighted by molar-refractivity contribution is 0.109. The van der Waals surface area contributed by atoms with E-state index in [-0.39, 0.29) is 0 Å². The van der Waals surface area contributed by atoms with Gasteiger partial charge in [-0.3, -0.25) is 4.90 Å². The Bertz CT molecular complexity index is 455. The molecule has 0 spiro atoms. The van der Waals surface area contributed by atoms with Gasteiger partial charge in [-0.25, -0.2) is 0 Å². The third-order valence-corrected chi connectivity index (χ3v) is 5.25. The zero-order chi connectivity index (χ0) is 13.9. The van der Waals surface area contributed by atoms with Crippen LogP contribution in [0.15, 0.2) is 18.2 Å². The standard InChI is InChI=1S/C18H28N2/c1-3-14(2)18-12-19-9-10-20(18)13-15-7-8-16-5-4-6-17(16)11-15/h7-8,11,14,18-19H,3-6,9-10,12-13H2,1-2H3. The zero-order valence-corrected chi connectivity index (χ0v) is 13.0. The quantitative estimate of drug-likeness (QED) is 0.906. The highest BCUT2D eigenvalue weighted by Gasteiger charge is 2.26. The second-order valence-corrected chi connectivity index (χ2v) is 6.58. The van der Waals surface area contributed by atoms with Crippen molar-refractivity contribution in [1.29, 1.82) is 0 Å². The number of hydrogen-bond acceptors (Lipinski definition) is 2. The normalized spacial score (nSPS) is 24.6. The van der Waals surface area contributed by atoms with Crippen LogP contribution < -0.4 is 5.32 Å². The van der Waals surface area contributed by atoms with E-state index in [1.165, 1.54) is 37.8 Å². The predicted molar refractivity (Wildman–Crippen MR) is 85.0 cm³/mol. The molecule has 0 aromatic heterocycles. The summed E-state index contributed by atoms with van der Waals surface area (Å²) in [6.07, 6.45) is 5.20. The first kappa shape index (κ1) is 14.1. The lowest BCUT2D eigenvalue weighted by Gasteiger charge is -2.39. The number of nitrogens with one attached hydrogen (secondary N) is 1. The van der Waals surface area contributed by atoms with E-state index < -0.39 is 0 Å². The van der Waals surface area contributed by atoms with Crippen LogP contribution in [0.4, 0.5) is 0 Å². The smallest absolute Gasteiger partial charge is 0.0250 e. The molecule has 1 N–H and O–H groups in total. The number of hydrogen-bond donors (Lipinski definition) is 1. The van der Waals surface area contributed by atoms with E-state index in [1.54, 1.807) is 11.1 Å². The average Bonchev–Trinajstić information content (AvgIpc) is 2.94. The number of piperazine rings is 1. The zero-order valence-electron chi connectivity index (χ0n) is 13.0. The average molecular weight is 272 g/mol. The van der Waals surface area contributed by atoms with Crippen molar-refractivity contribution in [3.05, 3.63) is 34.9 Å². The summed E-state index contributed by atoms with van der Waals surface area (Å²) in [6.45, 7) is 9.31. The maximum absolute atomic E-state index is 3.57. The van der Waals surface area contributed by atoms with Crippen molar-refractivity contribution in [1.82, 2.24) is 10.2 Å². The van der Waals surface area contributed by atoms with Gasteiger partial charge in [0.25, 0.3) is 0 Å². The van der Waals surface area contributed by atoms with Crippen LogP contribution in [0.2, 0.25) is 0 Å². The molecule has 1 heterocycles. The van der Waals surface area contributed by atoms with Crippen molar-refractivity contribution >= 4 is 0 Å². The summed E-state index contributed by atoms with van der Waals surface area (Å²) >= 11 is 0. The van der Waals surface area contributed by atoms with Crippen molar-refractivity contribution in [2.45, 2.75) is 52.1 Å². The molecule has 20 heavy (non-hydrogen) atoms. The molecule has 2 heteroatoms. The molecule has 2 nitrogen and oxygen atoms in total. The van der Waals surface area contributed by atoms with Gasteiger partial charge in [-0.05, 0) is 41.9 Å². The Hall–Kier alpha value is -0.860.